The molecular weight excluding hydrogens is 240 g/mol. The van der Waals surface area contributed by atoms with E-state index in [1.807, 2.05) is 0 Å². The molecule has 0 unspecified atom stereocenters. The largest absolute Gasteiger partial charge is 0.0622 e. The number of hydrogen-bond donors (Lipinski definition) is 0. The molecule has 2 aromatic rings. The number of rotatable bonds is 4. The van der Waals surface area contributed by atoms with E-state index in [1.54, 1.807) is 0 Å². The lowest BCUT2D eigenvalue weighted by Crippen LogP contribution is -2.09. The Morgan fingerprint density at radius 1 is 0.650 bits per heavy atom. The van der Waals surface area contributed by atoms with Crippen molar-refractivity contribution in [1.82, 2.24) is 0 Å². The zero-order valence-corrected chi connectivity index (χ0v) is 12.2. The summed E-state index contributed by atoms with van der Waals surface area (Å²) in [7, 11) is 0. The van der Waals surface area contributed by atoms with Crippen molar-refractivity contribution in [3.05, 3.63) is 71.3 Å². The fraction of sp³-hybridized carbons (Fsp3) is 0.400. The van der Waals surface area contributed by atoms with Gasteiger partial charge in [0.2, 0.25) is 0 Å². The molecule has 0 aliphatic heterocycles. The Bertz CT molecular complexity index is 503. The maximum atomic E-state index is 2.34. The SMILES string of the molecule is c1ccc(Cc2ccc(CC3CCCCC3)cc2)cc1. The first-order valence-electron chi connectivity index (χ1n) is 8.02. The molecule has 1 saturated carbocycles. The zero-order valence-electron chi connectivity index (χ0n) is 12.2. The molecule has 1 fully saturated rings. The summed E-state index contributed by atoms with van der Waals surface area (Å²) < 4.78 is 0. The highest BCUT2D eigenvalue weighted by Gasteiger charge is 2.13. The van der Waals surface area contributed by atoms with Gasteiger partial charge in [0.05, 0.1) is 0 Å². The Balaban J connectivity index is 1.59. The Morgan fingerprint density at radius 2 is 1.25 bits per heavy atom. The van der Waals surface area contributed by atoms with Gasteiger partial charge in [0.25, 0.3) is 0 Å². The van der Waals surface area contributed by atoms with E-state index >= 15 is 0 Å². The van der Waals surface area contributed by atoms with Crippen LogP contribution in [0.3, 0.4) is 0 Å². The minimum atomic E-state index is 0.934. The Kier molecular flexibility index (Phi) is 4.53. The van der Waals surface area contributed by atoms with Crippen molar-refractivity contribution in [3.8, 4) is 0 Å². The maximum absolute atomic E-state index is 2.34. The number of benzene rings is 2. The summed E-state index contributed by atoms with van der Waals surface area (Å²) in [6, 6.07) is 20.0. The summed E-state index contributed by atoms with van der Waals surface area (Å²) >= 11 is 0. The quantitative estimate of drug-likeness (QED) is 0.693. The lowest BCUT2D eigenvalue weighted by Gasteiger charge is -2.21. The molecule has 0 saturated heterocycles. The van der Waals surface area contributed by atoms with Crippen LogP contribution in [-0.2, 0) is 12.8 Å². The van der Waals surface area contributed by atoms with E-state index in [-0.39, 0.29) is 0 Å². The van der Waals surface area contributed by atoms with E-state index < -0.39 is 0 Å². The van der Waals surface area contributed by atoms with E-state index in [9.17, 15) is 0 Å². The highest BCUT2D eigenvalue weighted by Crippen LogP contribution is 2.27. The van der Waals surface area contributed by atoms with Crippen molar-refractivity contribution in [2.75, 3.05) is 0 Å². The molecule has 1 aliphatic rings. The van der Waals surface area contributed by atoms with Gasteiger partial charge in [-0.3, -0.25) is 0 Å². The molecule has 0 N–H and O–H groups in total. The normalized spacial score (nSPS) is 16.2. The molecule has 0 heteroatoms. The second kappa shape index (κ2) is 6.74. The molecule has 0 atom stereocenters. The van der Waals surface area contributed by atoms with Gasteiger partial charge in [-0.05, 0) is 35.4 Å². The van der Waals surface area contributed by atoms with Gasteiger partial charge in [0.1, 0.15) is 0 Å². The van der Waals surface area contributed by atoms with Crippen molar-refractivity contribution in [2.45, 2.75) is 44.9 Å². The lowest BCUT2D eigenvalue weighted by atomic mass is 9.85. The third-order valence-corrected chi connectivity index (χ3v) is 4.52. The fourth-order valence-corrected chi connectivity index (χ4v) is 3.35. The van der Waals surface area contributed by atoms with Crippen molar-refractivity contribution in [3.63, 3.8) is 0 Å². The summed E-state index contributed by atoms with van der Waals surface area (Å²) in [5.74, 6) is 0.934. The molecule has 0 spiro atoms. The third kappa shape index (κ3) is 3.72. The van der Waals surface area contributed by atoms with Crippen LogP contribution in [0.2, 0.25) is 0 Å². The van der Waals surface area contributed by atoms with Gasteiger partial charge in [-0.2, -0.15) is 0 Å². The minimum absolute atomic E-state index is 0.934. The molecule has 0 heterocycles. The van der Waals surface area contributed by atoms with Crippen LogP contribution in [-0.4, -0.2) is 0 Å². The summed E-state index contributed by atoms with van der Waals surface area (Å²) in [4.78, 5) is 0. The van der Waals surface area contributed by atoms with Crippen LogP contribution in [0, 0.1) is 5.92 Å². The average Bonchev–Trinajstić information content (AvgIpc) is 2.51. The van der Waals surface area contributed by atoms with E-state index in [0.29, 0.717) is 0 Å². The Morgan fingerprint density at radius 3 is 1.95 bits per heavy atom. The van der Waals surface area contributed by atoms with Gasteiger partial charge in [-0.25, -0.2) is 0 Å². The molecule has 0 nitrogen and oxygen atoms in total. The van der Waals surface area contributed by atoms with E-state index in [4.69, 9.17) is 0 Å². The van der Waals surface area contributed by atoms with Gasteiger partial charge < -0.3 is 0 Å². The highest BCUT2D eigenvalue weighted by molar-refractivity contribution is 5.28. The zero-order chi connectivity index (χ0) is 13.6. The first-order chi connectivity index (χ1) is 9.90. The molecular formula is C20H24. The average molecular weight is 264 g/mol. The predicted molar refractivity (Wildman–Crippen MR) is 86.0 cm³/mol. The van der Waals surface area contributed by atoms with Crippen molar-refractivity contribution >= 4 is 0 Å². The highest BCUT2D eigenvalue weighted by atomic mass is 14.2. The van der Waals surface area contributed by atoms with Crippen LogP contribution < -0.4 is 0 Å². The second-order valence-corrected chi connectivity index (χ2v) is 6.19. The molecule has 0 aromatic heterocycles. The Hall–Kier alpha value is -1.56. The van der Waals surface area contributed by atoms with E-state index in [0.717, 1.165) is 12.3 Å². The van der Waals surface area contributed by atoms with Crippen LogP contribution in [0.15, 0.2) is 54.6 Å². The molecule has 0 bridgehead atoms. The molecule has 0 amide bonds. The van der Waals surface area contributed by atoms with Crippen molar-refractivity contribution in [1.29, 1.82) is 0 Å². The summed E-state index contributed by atoms with van der Waals surface area (Å²) in [6.45, 7) is 0. The van der Waals surface area contributed by atoms with E-state index in [1.165, 1.54) is 55.2 Å². The van der Waals surface area contributed by atoms with Crippen LogP contribution >= 0.6 is 0 Å². The molecule has 2 aromatic carbocycles. The summed E-state index contributed by atoms with van der Waals surface area (Å²) in [5.41, 5.74) is 4.34. The van der Waals surface area contributed by atoms with Crippen LogP contribution in [0.4, 0.5) is 0 Å². The van der Waals surface area contributed by atoms with Crippen molar-refractivity contribution in [2.24, 2.45) is 5.92 Å². The lowest BCUT2D eigenvalue weighted by molar-refractivity contribution is 0.356. The first kappa shape index (κ1) is 13.4. The van der Waals surface area contributed by atoms with Crippen LogP contribution in [0.5, 0.6) is 0 Å². The maximum Gasteiger partial charge on any atom is -0.00258 e. The summed E-state index contributed by atoms with van der Waals surface area (Å²) in [6.07, 6.45) is 9.54. The Labute approximate surface area is 122 Å². The van der Waals surface area contributed by atoms with E-state index in [2.05, 4.69) is 54.6 Å². The second-order valence-electron chi connectivity index (χ2n) is 6.19. The van der Waals surface area contributed by atoms with Crippen molar-refractivity contribution < 1.29 is 0 Å². The smallest absolute Gasteiger partial charge is 0.00258 e. The minimum Gasteiger partial charge on any atom is -0.0622 e. The first-order valence-corrected chi connectivity index (χ1v) is 8.02. The predicted octanol–water partition coefficient (Wildman–Crippen LogP) is 5.40. The van der Waals surface area contributed by atoms with Gasteiger partial charge >= 0.3 is 0 Å². The van der Waals surface area contributed by atoms with Gasteiger partial charge in [0, 0.05) is 0 Å². The van der Waals surface area contributed by atoms with Crippen LogP contribution in [0.1, 0.15) is 48.8 Å². The molecule has 1 aliphatic carbocycles. The molecule has 20 heavy (non-hydrogen) atoms. The fourth-order valence-electron chi connectivity index (χ4n) is 3.35. The van der Waals surface area contributed by atoms with Crippen LogP contribution in [0.25, 0.3) is 0 Å². The molecule has 0 radical (unpaired) electrons. The van der Waals surface area contributed by atoms with Gasteiger partial charge in [-0.1, -0.05) is 86.7 Å². The molecule has 3 rings (SSSR count). The summed E-state index contributed by atoms with van der Waals surface area (Å²) in [5, 5.41) is 0. The monoisotopic (exact) mass is 264 g/mol. The third-order valence-electron chi connectivity index (χ3n) is 4.52. The van der Waals surface area contributed by atoms with Gasteiger partial charge in [0.15, 0.2) is 0 Å². The topological polar surface area (TPSA) is 0 Å². The standard InChI is InChI=1S/C20H24/c1-3-7-17(8-4-1)15-19-11-13-20(14-12-19)16-18-9-5-2-6-10-18/h1,3-4,7-8,11-14,18H,2,5-6,9-10,15-16H2. The number of hydrogen-bond acceptors (Lipinski definition) is 0. The van der Waals surface area contributed by atoms with Gasteiger partial charge in [-0.15, -0.1) is 0 Å². The molecule has 104 valence electrons.